The fraction of sp³-hybridized carbons (Fsp3) is 0.533. The highest BCUT2D eigenvalue weighted by Crippen LogP contribution is 2.30. The van der Waals surface area contributed by atoms with Gasteiger partial charge in [0.2, 0.25) is 11.8 Å². The van der Waals surface area contributed by atoms with Crippen molar-refractivity contribution in [3.63, 3.8) is 0 Å². The Labute approximate surface area is 137 Å². The number of hydrogen-bond donors (Lipinski definition) is 3. The lowest BCUT2D eigenvalue weighted by Gasteiger charge is -2.06. The van der Waals surface area contributed by atoms with Gasteiger partial charge in [-0.2, -0.15) is 0 Å². The zero-order valence-corrected chi connectivity index (χ0v) is 13.8. The maximum absolute atomic E-state index is 12.7. The molecule has 23 heavy (non-hydrogen) atoms. The first-order chi connectivity index (χ1) is 10.8. The van der Waals surface area contributed by atoms with Crippen LogP contribution in [0.4, 0.5) is 9.39 Å². The van der Waals surface area contributed by atoms with Gasteiger partial charge in [-0.1, -0.05) is 0 Å². The molecule has 126 valence electrons. The van der Waals surface area contributed by atoms with Gasteiger partial charge in [0, 0.05) is 19.5 Å². The summed E-state index contributed by atoms with van der Waals surface area (Å²) in [6.45, 7) is 3.19. The van der Waals surface area contributed by atoms with E-state index in [1.807, 2.05) is 0 Å². The summed E-state index contributed by atoms with van der Waals surface area (Å²) < 4.78 is 12.7. The molecule has 8 heteroatoms. The highest BCUT2D eigenvalue weighted by molar-refractivity contribution is 7.18. The Kier molecular flexibility index (Phi) is 5.70. The summed E-state index contributed by atoms with van der Waals surface area (Å²) in [7, 11) is 0. The molecule has 0 saturated heterocycles. The first-order valence-electron chi connectivity index (χ1n) is 7.44. The number of anilines is 1. The van der Waals surface area contributed by atoms with Crippen LogP contribution in [-0.4, -0.2) is 36.5 Å². The molecule has 6 nitrogen and oxygen atoms in total. The van der Waals surface area contributed by atoms with Gasteiger partial charge in [-0.05, 0) is 31.4 Å². The molecule has 0 aromatic carbocycles. The largest absolute Gasteiger partial charge is 0.356 e. The predicted octanol–water partition coefficient (Wildman–Crippen LogP) is 1.69. The Morgan fingerprint density at radius 1 is 1.39 bits per heavy atom. The second-order valence-corrected chi connectivity index (χ2v) is 6.79. The minimum absolute atomic E-state index is 0.0249. The lowest BCUT2D eigenvalue weighted by Crippen LogP contribution is -2.31. The molecule has 0 bridgehead atoms. The number of hydrogen-bond acceptors (Lipinski definition) is 4. The monoisotopic (exact) mass is 341 g/mol. The van der Waals surface area contributed by atoms with Crippen molar-refractivity contribution < 1.29 is 18.8 Å². The van der Waals surface area contributed by atoms with E-state index in [4.69, 9.17) is 0 Å². The second kappa shape index (κ2) is 7.54. The molecule has 3 N–H and O–H groups in total. The molecule has 0 unspecified atom stereocenters. The van der Waals surface area contributed by atoms with Crippen molar-refractivity contribution in [1.29, 1.82) is 0 Å². The Bertz CT molecular complexity index is 603. The van der Waals surface area contributed by atoms with Gasteiger partial charge < -0.3 is 16.0 Å². The third-order valence-corrected chi connectivity index (χ3v) is 4.40. The Morgan fingerprint density at radius 3 is 2.78 bits per heavy atom. The van der Waals surface area contributed by atoms with Crippen LogP contribution in [0.15, 0.2) is 12.1 Å². The molecule has 1 aliphatic carbocycles. The van der Waals surface area contributed by atoms with E-state index in [0.717, 1.165) is 6.42 Å². The van der Waals surface area contributed by atoms with Gasteiger partial charge in [0.25, 0.3) is 5.91 Å². The van der Waals surface area contributed by atoms with E-state index in [1.54, 1.807) is 12.1 Å². The van der Waals surface area contributed by atoms with Crippen molar-refractivity contribution in [2.75, 3.05) is 11.9 Å². The van der Waals surface area contributed by atoms with Gasteiger partial charge in [-0.25, -0.2) is 4.39 Å². The van der Waals surface area contributed by atoms with Crippen molar-refractivity contribution in [2.45, 2.75) is 38.9 Å². The van der Waals surface area contributed by atoms with Crippen LogP contribution in [0, 0.1) is 5.92 Å². The molecule has 1 aromatic heterocycles. The highest BCUT2D eigenvalue weighted by Gasteiger charge is 2.38. The molecule has 1 aromatic rings. The van der Waals surface area contributed by atoms with E-state index in [9.17, 15) is 18.8 Å². The molecule has 2 rings (SSSR count). The van der Waals surface area contributed by atoms with Crippen molar-refractivity contribution in [1.82, 2.24) is 10.6 Å². The van der Waals surface area contributed by atoms with E-state index in [2.05, 4.69) is 16.0 Å². The molecular weight excluding hydrogens is 321 g/mol. The Balaban J connectivity index is 1.72. The van der Waals surface area contributed by atoms with E-state index in [1.165, 1.54) is 25.2 Å². The molecule has 3 atom stereocenters. The number of carbonyl (C=O) groups is 3. The fourth-order valence-corrected chi connectivity index (χ4v) is 3.02. The molecule has 1 fully saturated rings. The number of thiophene rings is 1. The molecule has 1 heterocycles. The molecule has 1 saturated carbocycles. The van der Waals surface area contributed by atoms with Crippen LogP contribution < -0.4 is 16.0 Å². The third kappa shape index (κ3) is 5.63. The molecule has 0 spiro atoms. The Morgan fingerprint density at radius 2 is 2.13 bits per heavy atom. The quantitative estimate of drug-likeness (QED) is 0.705. The lowest BCUT2D eigenvalue weighted by molar-refractivity contribution is -0.122. The first kappa shape index (κ1) is 17.4. The molecule has 1 aliphatic rings. The lowest BCUT2D eigenvalue weighted by atomic mass is 10.3. The van der Waals surface area contributed by atoms with Gasteiger partial charge >= 0.3 is 0 Å². The number of carbonyl (C=O) groups excluding carboxylic acids is 3. The minimum Gasteiger partial charge on any atom is -0.356 e. The summed E-state index contributed by atoms with van der Waals surface area (Å²) in [5, 5.41) is 8.81. The van der Waals surface area contributed by atoms with Gasteiger partial charge in [0.15, 0.2) is 0 Å². The zero-order chi connectivity index (χ0) is 17.0. The maximum Gasteiger partial charge on any atom is 0.261 e. The first-order valence-corrected chi connectivity index (χ1v) is 8.26. The van der Waals surface area contributed by atoms with E-state index in [-0.39, 0.29) is 36.1 Å². The van der Waals surface area contributed by atoms with Crippen LogP contribution in [0.1, 0.15) is 36.4 Å². The minimum atomic E-state index is -1.15. The number of nitrogens with one attached hydrogen (secondary N) is 3. The maximum atomic E-state index is 12.7. The summed E-state index contributed by atoms with van der Waals surface area (Å²) >= 11 is 1.21. The van der Waals surface area contributed by atoms with Crippen LogP contribution in [-0.2, 0) is 9.59 Å². The van der Waals surface area contributed by atoms with Crippen LogP contribution >= 0.6 is 11.3 Å². The SMILES string of the molecule is CC(=O)Nc1ccc(C(=O)N[C@@H]2C[C@H]2CNC(=O)C[C@H](C)F)s1. The van der Waals surface area contributed by atoms with Crippen LogP contribution in [0.5, 0.6) is 0 Å². The number of rotatable bonds is 7. The van der Waals surface area contributed by atoms with Crippen molar-refractivity contribution in [3.8, 4) is 0 Å². The zero-order valence-electron chi connectivity index (χ0n) is 13.0. The van der Waals surface area contributed by atoms with Crippen molar-refractivity contribution in [3.05, 3.63) is 17.0 Å². The van der Waals surface area contributed by atoms with Gasteiger partial charge in [0.1, 0.15) is 6.17 Å². The molecular formula is C15H20FN3O3S. The van der Waals surface area contributed by atoms with Crippen LogP contribution in [0.2, 0.25) is 0 Å². The smallest absolute Gasteiger partial charge is 0.261 e. The highest BCUT2D eigenvalue weighted by atomic mass is 32.1. The van der Waals surface area contributed by atoms with Gasteiger partial charge in [-0.15, -0.1) is 11.3 Å². The standard InChI is InChI=1S/C15H20FN3O3S/c1-8(16)5-13(21)17-7-10-6-11(10)19-15(22)12-3-4-14(23-12)18-9(2)20/h3-4,8,10-11H,5-7H2,1-2H3,(H,17,21)(H,18,20)(H,19,22)/t8-,10-,11+/m0/s1. The Hall–Kier alpha value is -1.96. The topological polar surface area (TPSA) is 87.3 Å². The van der Waals surface area contributed by atoms with Crippen LogP contribution in [0.25, 0.3) is 0 Å². The number of amides is 3. The molecule has 0 aliphatic heterocycles. The van der Waals surface area contributed by atoms with E-state index >= 15 is 0 Å². The summed E-state index contributed by atoms with van der Waals surface area (Å²) in [5.41, 5.74) is 0. The average molecular weight is 341 g/mol. The normalized spacial score (nSPS) is 20.5. The number of halogens is 1. The van der Waals surface area contributed by atoms with Crippen LogP contribution in [0.3, 0.4) is 0 Å². The van der Waals surface area contributed by atoms with E-state index in [0.29, 0.717) is 16.4 Å². The van der Waals surface area contributed by atoms with Crippen molar-refractivity contribution in [2.24, 2.45) is 5.92 Å². The molecule has 3 amide bonds. The van der Waals surface area contributed by atoms with Gasteiger partial charge in [0.05, 0.1) is 16.3 Å². The van der Waals surface area contributed by atoms with Crippen molar-refractivity contribution >= 4 is 34.1 Å². The van der Waals surface area contributed by atoms with E-state index < -0.39 is 6.17 Å². The second-order valence-electron chi connectivity index (χ2n) is 5.71. The number of alkyl halides is 1. The summed E-state index contributed by atoms with van der Waals surface area (Å²) in [6, 6.07) is 3.37. The summed E-state index contributed by atoms with van der Waals surface area (Å²) in [5.74, 6) is -0.495. The third-order valence-electron chi connectivity index (χ3n) is 3.40. The molecule has 0 radical (unpaired) electrons. The summed E-state index contributed by atoms with van der Waals surface area (Å²) in [4.78, 5) is 34.9. The summed E-state index contributed by atoms with van der Waals surface area (Å²) in [6.07, 6.45) is -0.493. The van der Waals surface area contributed by atoms with Gasteiger partial charge in [-0.3, -0.25) is 14.4 Å². The average Bonchev–Trinajstić information content (AvgIpc) is 3.00. The predicted molar refractivity (Wildman–Crippen MR) is 86.2 cm³/mol. The fourth-order valence-electron chi connectivity index (χ4n) is 2.16.